The Morgan fingerprint density at radius 3 is 2.12 bits per heavy atom. The molecule has 0 amide bonds. The molecule has 8 heteroatoms. The van der Waals surface area contributed by atoms with Crippen LogP contribution in [0.3, 0.4) is 0 Å². The summed E-state index contributed by atoms with van der Waals surface area (Å²) in [6.45, 7) is 4.87. The fourth-order valence-electron chi connectivity index (χ4n) is 3.32. The molecule has 0 fully saturated rings. The van der Waals surface area contributed by atoms with Crippen LogP contribution >= 0.6 is 0 Å². The summed E-state index contributed by atoms with van der Waals surface area (Å²) in [5.74, 6) is 0.430. The fourth-order valence-corrected chi connectivity index (χ4v) is 3.32. The van der Waals surface area contributed by atoms with Gasteiger partial charge in [0.15, 0.2) is 0 Å². The van der Waals surface area contributed by atoms with Crippen LogP contribution in [0.2, 0.25) is 0 Å². The molecule has 0 spiro atoms. The molecule has 2 N–H and O–H groups in total. The summed E-state index contributed by atoms with van der Waals surface area (Å²) >= 11 is 0. The van der Waals surface area contributed by atoms with E-state index in [1.165, 1.54) is 5.56 Å². The highest BCUT2D eigenvalue weighted by molar-refractivity contribution is 5.63. The SMILES string of the molecule is CCCCCOc1ccc(Nc2nc(Nc3ccc(CCCC)cc3)ncc2C(F)(F)F)cc1. The van der Waals surface area contributed by atoms with E-state index in [0.717, 1.165) is 44.7 Å². The van der Waals surface area contributed by atoms with Gasteiger partial charge in [0.05, 0.1) is 6.61 Å². The summed E-state index contributed by atoms with van der Waals surface area (Å²) < 4.78 is 46.3. The van der Waals surface area contributed by atoms with Gasteiger partial charge >= 0.3 is 6.18 Å². The number of nitrogens with zero attached hydrogens (tertiary/aromatic N) is 2. The Kier molecular flexibility index (Phi) is 9.13. The molecule has 0 saturated carbocycles. The topological polar surface area (TPSA) is 59.1 Å². The average Bonchev–Trinajstić information content (AvgIpc) is 2.82. The lowest BCUT2D eigenvalue weighted by Gasteiger charge is -2.15. The first-order valence-electron chi connectivity index (χ1n) is 11.7. The average molecular weight is 473 g/mol. The number of ether oxygens (including phenoxy) is 1. The summed E-state index contributed by atoms with van der Waals surface area (Å²) in [4.78, 5) is 7.99. The van der Waals surface area contributed by atoms with Gasteiger partial charge in [-0.25, -0.2) is 4.98 Å². The van der Waals surface area contributed by atoms with E-state index >= 15 is 0 Å². The Balaban J connectivity index is 1.73. The van der Waals surface area contributed by atoms with Gasteiger partial charge in [0.1, 0.15) is 17.1 Å². The van der Waals surface area contributed by atoms with Crippen LogP contribution in [0.15, 0.2) is 54.7 Å². The van der Waals surface area contributed by atoms with Crippen molar-refractivity contribution >= 4 is 23.1 Å². The molecule has 182 valence electrons. The van der Waals surface area contributed by atoms with Gasteiger partial charge in [-0.05, 0) is 61.2 Å². The van der Waals surface area contributed by atoms with Gasteiger partial charge in [0.2, 0.25) is 5.95 Å². The molecule has 3 rings (SSSR count). The predicted octanol–water partition coefficient (Wildman–Crippen LogP) is 7.89. The van der Waals surface area contributed by atoms with Crippen LogP contribution in [0.25, 0.3) is 0 Å². The van der Waals surface area contributed by atoms with Crippen molar-refractivity contribution in [3.63, 3.8) is 0 Å². The molecule has 0 aliphatic carbocycles. The van der Waals surface area contributed by atoms with E-state index in [1.54, 1.807) is 24.3 Å². The third-order valence-electron chi connectivity index (χ3n) is 5.26. The number of alkyl halides is 3. The molecule has 34 heavy (non-hydrogen) atoms. The molecule has 2 aromatic carbocycles. The first-order chi connectivity index (χ1) is 16.4. The minimum Gasteiger partial charge on any atom is -0.494 e. The van der Waals surface area contributed by atoms with Gasteiger partial charge in [-0.1, -0.05) is 45.2 Å². The van der Waals surface area contributed by atoms with Crippen molar-refractivity contribution in [2.24, 2.45) is 0 Å². The number of aryl methyl sites for hydroxylation is 1. The zero-order valence-corrected chi connectivity index (χ0v) is 19.6. The summed E-state index contributed by atoms with van der Waals surface area (Å²) in [6.07, 6.45) is 2.57. The molecule has 0 aliphatic rings. The molecule has 0 aliphatic heterocycles. The van der Waals surface area contributed by atoms with E-state index in [1.807, 2.05) is 24.3 Å². The van der Waals surface area contributed by atoms with Crippen molar-refractivity contribution in [3.05, 3.63) is 65.9 Å². The van der Waals surface area contributed by atoms with Crippen LogP contribution in [-0.2, 0) is 12.6 Å². The van der Waals surface area contributed by atoms with Crippen LogP contribution in [0.4, 0.5) is 36.3 Å². The molecular weight excluding hydrogens is 441 g/mol. The van der Waals surface area contributed by atoms with Crippen LogP contribution in [0, 0.1) is 0 Å². The first-order valence-corrected chi connectivity index (χ1v) is 11.7. The third-order valence-corrected chi connectivity index (χ3v) is 5.26. The minimum absolute atomic E-state index is 0.0766. The maximum absolute atomic E-state index is 13.6. The van der Waals surface area contributed by atoms with Gasteiger partial charge < -0.3 is 15.4 Å². The number of halogens is 3. The van der Waals surface area contributed by atoms with E-state index in [2.05, 4.69) is 34.4 Å². The second kappa shape index (κ2) is 12.3. The van der Waals surface area contributed by atoms with Crippen molar-refractivity contribution in [1.29, 1.82) is 0 Å². The summed E-state index contributed by atoms with van der Waals surface area (Å²) in [7, 11) is 0. The lowest BCUT2D eigenvalue weighted by molar-refractivity contribution is -0.137. The lowest BCUT2D eigenvalue weighted by Crippen LogP contribution is -2.12. The van der Waals surface area contributed by atoms with Gasteiger partial charge in [0.25, 0.3) is 0 Å². The van der Waals surface area contributed by atoms with Gasteiger partial charge in [-0.15, -0.1) is 0 Å². The number of hydrogen-bond acceptors (Lipinski definition) is 5. The molecular formula is C26H31F3N4O. The van der Waals surface area contributed by atoms with E-state index in [4.69, 9.17) is 4.74 Å². The monoisotopic (exact) mass is 472 g/mol. The van der Waals surface area contributed by atoms with Gasteiger partial charge in [-0.2, -0.15) is 18.2 Å². The quantitative estimate of drug-likeness (QED) is 0.262. The van der Waals surface area contributed by atoms with Crippen molar-refractivity contribution < 1.29 is 17.9 Å². The van der Waals surface area contributed by atoms with Crippen LogP contribution in [0.1, 0.15) is 57.1 Å². The fraction of sp³-hybridized carbons (Fsp3) is 0.385. The van der Waals surface area contributed by atoms with Crippen LogP contribution in [-0.4, -0.2) is 16.6 Å². The van der Waals surface area contributed by atoms with Gasteiger partial charge in [-0.3, -0.25) is 0 Å². The Morgan fingerprint density at radius 1 is 0.824 bits per heavy atom. The van der Waals surface area contributed by atoms with Crippen LogP contribution < -0.4 is 15.4 Å². The van der Waals surface area contributed by atoms with Crippen molar-refractivity contribution in [2.75, 3.05) is 17.2 Å². The number of hydrogen-bond donors (Lipinski definition) is 2. The van der Waals surface area contributed by atoms with Crippen molar-refractivity contribution in [1.82, 2.24) is 9.97 Å². The second-order valence-corrected chi connectivity index (χ2v) is 8.08. The smallest absolute Gasteiger partial charge is 0.421 e. The molecule has 1 heterocycles. The van der Waals surface area contributed by atoms with Gasteiger partial charge in [0, 0.05) is 17.6 Å². The Labute approximate surface area is 198 Å². The largest absolute Gasteiger partial charge is 0.494 e. The zero-order chi connectivity index (χ0) is 24.4. The number of anilines is 4. The highest BCUT2D eigenvalue weighted by Gasteiger charge is 2.35. The highest BCUT2D eigenvalue weighted by Crippen LogP contribution is 2.35. The standard InChI is InChI=1S/C26H31F3N4O/c1-3-5-7-17-34-22-15-13-20(14-16-22)31-24-23(26(27,28)29)18-30-25(33-24)32-21-11-9-19(10-12-21)8-6-4-2/h9-16,18H,3-8,17H2,1-2H3,(H2,30,31,32,33). The number of aromatic nitrogens is 2. The second-order valence-electron chi connectivity index (χ2n) is 8.08. The van der Waals surface area contributed by atoms with E-state index in [-0.39, 0.29) is 11.8 Å². The highest BCUT2D eigenvalue weighted by atomic mass is 19.4. The van der Waals surface area contributed by atoms with E-state index in [0.29, 0.717) is 23.7 Å². The minimum atomic E-state index is -4.59. The van der Waals surface area contributed by atoms with E-state index < -0.39 is 11.7 Å². The summed E-state index contributed by atoms with van der Waals surface area (Å²) in [5.41, 5.74) is 1.45. The zero-order valence-electron chi connectivity index (χ0n) is 19.6. The summed E-state index contributed by atoms with van der Waals surface area (Å²) in [6, 6.07) is 14.5. The number of nitrogens with one attached hydrogen (secondary N) is 2. The van der Waals surface area contributed by atoms with Crippen LogP contribution in [0.5, 0.6) is 5.75 Å². The summed E-state index contributed by atoms with van der Waals surface area (Å²) in [5, 5.41) is 5.76. The van der Waals surface area contributed by atoms with Crippen molar-refractivity contribution in [2.45, 2.75) is 58.5 Å². The third kappa shape index (κ3) is 7.64. The Hall–Kier alpha value is -3.29. The molecule has 0 radical (unpaired) electrons. The Bertz CT molecular complexity index is 1020. The maximum Gasteiger partial charge on any atom is 0.421 e. The molecule has 0 bridgehead atoms. The van der Waals surface area contributed by atoms with Crippen molar-refractivity contribution in [3.8, 4) is 5.75 Å². The number of rotatable bonds is 12. The molecule has 0 atom stereocenters. The lowest BCUT2D eigenvalue weighted by atomic mass is 10.1. The predicted molar refractivity (Wildman–Crippen MR) is 130 cm³/mol. The molecule has 1 aromatic heterocycles. The number of unbranched alkanes of at least 4 members (excludes halogenated alkanes) is 3. The molecule has 3 aromatic rings. The number of benzene rings is 2. The Morgan fingerprint density at radius 2 is 1.47 bits per heavy atom. The van der Waals surface area contributed by atoms with E-state index in [9.17, 15) is 13.2 Å². The first kappa shape index (κ1) is 25.3. The molecule has 0 saturated heterocycles. The molecule has 5 nitrogen and oxygen atoms in total. The maximum atomic E-state index is 13.6. The molecule has 0 unspecified atom stereocenters. The normalized spacial score (nSPS) is 11.3.